The summed E-state index contributed by atoms with van der Waals surface area (Å²) in [5.41, 5.74) is 0.784. The SMILES string of the molecule is CCOc1ccc(/C=C2/SC(=S)N(CCC(=O)NCCCCCC(=O)O)C2=O)cc1OC. The molecular formula is C22H28N2O6S2. The second kappa shape index (κ2) is 13.1. The maximum absolute atomic E-state index is 12.8. The summed E-state index contributed by atoms with van der Waals surface area (Å²) < 4.78 is 11.3. The number of carbonyl (C=O) groups excluding carboxylic acids is 2. The number of methoxy groups -OCH3 is 1. The zero-order valence-corrected chi connectivity index (χ0v) is 19.9. The number of carboxylic acids is 1. The highest BCUT2D eigenvalue weighted by Gasteiger charge is 2.32. The maximum atomic E-state index is 12.8. The summed E-state index contributed by atoms with van der Waals surface area (Å²) in [5, 5.41) is 11.4. The van der Waals surface area contributed by atoms with E-state index in [4.69, 9.17) is 26.8 Å². The quantitative estimate of drug-likeness (QED) is 0.251. The molecule has 1 saturated heterocycles. The van der Waals surface area contributed by atoms with Gasteiger partial charge in [-0.05, 0) is 43.5 Å². The van der Waals surface area contributed by atoms with E-state index in [0.717, 1.165) is 12.0 Å². The van der Waals surface area contributed by atoms with Crippen molar-refractivity contribution in [1.82, 2.24) is 10.2 Å². The number of benzene rings is 1. The van der Waals surface area contributed by atoms with Gasteiger partial charge in [0.05, 0.1) is 18.6 Å². The zero-order valence-electron chi connectivity index (χ0n) is 18.2. The number of ether oxygens (including phenoxy) is 2. The van der Waals surface area contributed by atoms with Gasteiger partial charge < -0.3 is 19.9 Å². The fourth-order valence-corrected chi connectivity index (χ4v) is 4.31. The highest BCUT2D eigenvalue weighted by atomic mass is 32.2. The molecule has 0 unspecified atom stereocenters. The molecule has 0 saturated carbocycles. The molecule has 2 N–H and O–H groups in total. The number of hydrogen-bond donors (Lipinski definition) is 2. The van der Waals surface area contributed by atoms with Gasteiger partial charge in [0, 0.05) is 25.9 Å². The van der Waals surface area contributed by atoms with Gasteiger partial charge in [-0.15, -0.1) is 0 Å². The van der Waals surface area contributed by atoms with Crippen LogP contribution in [0.4, 0.5) is 0 Å². The lowest BCUT2D eigenvalue weighted by atomic mass is 10.2. The van der Waals surface area contributed by atoms with Crippen molar-refractivity contribution in [2.75, 3.05) is 26.8 Å². The summed E-state index contributed by atoms with van der Waals surface area (Å²) in [4.78, 5) is 37.2. The Morgan fingerprint density at radius 1 is 1.22 bits per heavy atom. The lowest BCUT2D eigenvalue weighted by Crippen LogP contribution is -2.33. The Kier molecular flexibility index (Phi) is 10.5. The van der Waals surface area contributed by atoms with E-state index in [1.54, 1.807) is 25.3 Å². The van der Waals surface area contributed by atoms with Crippen LogP contribution in [0.2, 0.25) is 0 Å². The van der Waals surface area contributed by atoms with Crippen LogP contribution in [0.3, 0.4) is 0 Å². The van der Waals surface area contributed by atoms with Crippen LogP contribution in [0, 0.1) is 0 Å². The van der Waals surface area contributed by atoms with Gasteiger partial charge in [0.15, 0.2) is 11.5 Å². The van der Waals surface area contributed by atoms with Gasteiger partial charge >= 0.3 is 5.97 Å². The number of amides is 2. The van der Waals surface area contributed by atoms with E-state index in [1.165, 1.54) is 16.7 Å². The number of nitrogens with one attached hydrogen (secondary N) is 1. The molecule has 2 amide bonds. The number of nitrogens with zero attached hydrogens (tertiary/aromatic N) is 1. The predicted octanol–water partition coefficient (Wildman–Crippen LogP) is 3.45. The number of hydrogen-bond acceptors (Lipinski definition) is 7. The Morgan fingerprint density at radius 3 is 2.69 bits per heavy atom. The molecule has 0 aliphatic carbocycles. The molecule has 0 radical (unpaired) electrons. The molecule has 0 bridgehead atoms. The van der Waals surface area contributed by atoms with E-state index in [0.29, 0.717) is 46.7 Å². The standard InChI is InChI=1S/C22H28N2O6S2/c1-3-30-16-9-8-15(13-17(16)29-2)14-18-21(28)24(22(31)32-18)12-10-19(25)23-11-6-4-5-7-20(26)27/h8-9,13-14H,3-7,10-12H2,1-2H3,(H,23,25)(H,26,27)/b18-14+. The molecule has 1 aromatic rings. The van der Waals surface area contributed by atoms with Gasteiger partial charge in [-0.3, -0.25) is 19.3 Å². The molecule has 2 rings (SSSR count). The average Bonchev–Trinajstić information content (AvgIpc) is 3.02. The molecule has 8 nitrogen and oxygen atoms in total. The normalized spacial score (nSPS) is 14.7. The van der Waals surface area contributed by atoms with Crippen molar-refractivity contribution in [2.45, 2.75) is 39.0 Å². The second-order valence-corrected chi connectivity index (χ2v) is 8.66. The number of carbonyl (C=O) groups is 3. The molecule has 1 aliphatic rings. The molecule has 1 fully saturated rings. The van der Waals surface area contributed by atoms with E-state index >= 15 is 0 Å². The number of thiocarbonyl (C=S) groups is 1. The summed E-state index contributed by atoms with van der Waals surface area (Å²) in [6.07, 6.45) is 4.07. The smallest absolute Gasteiger partial charge is 0.303 e. The minimum Gasteiger partial charge on any atom is -0.493 e. The number of carboxylic acid groups (broad SMARTS) is 1. The molecule has 32 heavy (non-hydrogen) atoms. The predicted molar refractivity (Wildman–Crippen MR) is 128 cm³/mol. The van der Waals surface area contributed by atoms with Crippen molar-refractivity contribution < 1.29 is 29.0 Å². The summed E-state index contributed by atoms with van der Waals surface area (Å²) in [7, 11) is 1.56. The number of unbranched alkanes of at least 4 members (excludes halogenated alkanes) is 2. The third-order valence-electron chi connectivity index (χ3n) is 4.61. The molecule has 1 heterocycles. The first-order chi connectivity index (χ1) is 15.3. The van der Waals surface area contributed by atoms with Gasteiger partial charge in [0.1, 0.15) is 4.32 Å². The largest absolute Gasteiger partial charge is 0.493 e. The monoisotopic (exact) mass is 480 g/mol. The van der Waals surface area contributed by atoms with E-state index in [2.05, 4.69) is 5.32 Å². The second-order valence-electron chi connectivity index (χ2n) is 6.98. The highest BCUT2D eigenvalue weighted by molar-refractivity contribution is 8.26. The topological polar surface area (TPSA) is 105 Å². The first kappa shape index (κ1) is 25.7. The fourth-order valence-electron chi connectivity index (χ4n) is 3.00. The van der Waals surface area contributed by atoms with Gasteiger partial charge in [-0.1, -0.05) is 36.5 Å². The summed E-state index contributed by atoms with van der Waals surface area (Å²) >= 11 is 6.53. The van der Waals surface area contributed by atoms with Crippen molar-refractivity contribution in [2.24, 2.45) is 0 Å². The molecule has 1 aliphatic heterocycles. The lowest BCUT2D eigenvalue weighted by molar-refractivity contribution is -0.137. The summed E-state index contributed by atoms with van der Waals surface area (Å²) in [6.45, 7) is 3.10. The molecular weight excluding hydrogens is 452 g/mol. The highest BCUT2D eigenvalue weighted by Crippen LogP contribution is 2.34. The van der Waals surface area contributed by atoms with E-state index in [-0.39, 0.29) is 31.2 Å². The van der Waals surface area contributed by atoms with Crippen LogP contribution in [0.5, 0.6) is 11.5 Å². The van der Waals surface area contributed by atoms with Crippen LogP contribution in [-0.4, -0.2) is 58.9 Å². The van der Waals surface area contributed by atoms with Crippen LogP contribution in [-0.2, 0) is 14.4 Å². The third kappa shape index (κ3) is 7.83. The van der Waals surface area contributed by atoms with E-state index < -0.39 is 5.97 Å². The Hall–Kier alpha value is -2.59. The van der Waals surface area contributed by atoms with Gasteiger partial charge in [0.2, 0.25) is 5.91 Å². The van der Waals surface area contributed by atoms with Crippen molar-refractivity contribution in [3.05, 3.63) is 28.7 Å². The molecule has 0 spiro atoms. The fraction of sp³-hybridized carbons (Fsp3) is 0.455. The summed E-state index contributed by atoms with van der Waals surface area (Å²) in [5.74, 6) is 0.00313. The lowest BCUT2D eigenvalue weighted by Gasteiger charge is -2.14. The minimum atomic E-state index is -0.812. The molecule has 1 aromatic carbocycles. The number of thioether (sulfide) groups is 1. The average molecular weight is 481 g/mol. The zero-order chi connectivity index (χ0) is 23.5. The summed E-state index contributed by atoms with van der Waals surface area (Å²) in [6, 6.07) is 5.42. The number of aliphatic carboxylic acids is 1. The Bertz CT molecular complexity index is 887. The van der Waals surface area contributed by atoms with Crippen LogP contribution < -0.4 is 14.8 Å². The Morgan fingerprint density at radius 2 is 2.00 bits per heavy atom. The van der Waals surface area contributed by atoms with Crippen LogP contribution in [0.25, 0.3) is 6.08 Å². The first-order valence-corrected chi connectivity index (χ1v) is 11.6. The van der Waals surface area contributed by atoms with Crippen molar-refractivity contribution in [1.29, 1.82) is 0 Å². The van der Waals surface area contributed by atoms with Crippen molar-refractivity contribution in [3.8, 4) is 11.5 Å². The molecule has 10 heteroatoms. The van der Waals surface area contributed by atoms with E-state index in [9.17, 15) is 14.4 Å². The molecule has 0 aromatic heterocycles. The minimum absolute atomic E-state index is 0.138. The Balaban J connectivity index is 1.86. The van der Waals surface area contributed by atoms with Gasteiger partial charge in [0.25, 0.3) is 5.91 Å². The van der Waals surface area contributed by atoms with Crippen LogP contribution in [0.1, 0.15) is 44.6 Å². The Labute approximate surface area is 197 Å². The van der Waals surface area contributed by atoms with Crippen LogP contribution in [0.15, 0.2) is 23.1 Å². The van der Waals surface area contributed by atoms with Gasteiger partial charge in [-0.2, -0.15) is 0 Å². The molecule has 0 atom stereocenters. The first-order valence-electron chi connectivity index (χ1n) is 10.4. The van der Waals surface area contributed by atoms with Crippen molar-refractivity contribution >= 4 is 52.2 Å². The molecule has 174 valence electrons. The third-order valence-corrected chi connectivity index (χ3v) is 5.99. The number of rotatable bonds is 13. The van der Waals surface area contributed by atoms with E-state index in [1.807, 2.05) is 13.0 Å². The maximum Gasteiger partial charge on any atom is 0.303 e. The van der Waals surface area contributed by atoms with Gasteiger partial charge in [-0.25, -0.2) is 0 Å². The van der Waals surface area contributed by atoms with Crippen molar-refractivity contribution in [3.63, 3.8) is 0 Å². The van der Waals surface area contributed by atoms with Crippen LogP contribution >= 0.6 is 24.0 Å².